The van der Waals surface area contributed by atoms with E-state index in [4.69, 9.17) is 4.74 Å². The van der Waals surface area contributed by atoms with Crippen LogP contribution in [0.2, 0.25) is 0 Å². The Hall–Kier alpha value is -1.53. The van der Waals surface area contributed by atoms with Crippen LogP contribution in [0.4, 0.5) is 8.78 Å². The van der Waals surface area contributed by atoms with Gasteiger partial charge in [-0.1, -0.05) is 0 Å². The first-order valence-corrected chi connectivity index (χ1v) is 6.42. The predicted molar refractivity (Wildman–Crippen MR) is 68.3 cm³/mol. The van der Waals surface area contributed by atoms with Crippen LogP contribution in [-0.2, 0) is 4.74 Å². The standard InChI is InChI=1S/C14H17F2NO3/c1-17(9-14(19)4-6-20-7-5-14)13(18)10-2-3-11(15)12(16)8-10/h2-3,8,19H,4-7,9H2,1H3. The molecule has 1 N–H and O–H groups in total. The number of hydrogen-bond donors (Lipinski definition) is 1. The lowest BCUT2D eigenvalue weighted by Gasteiger charge is -2.35. The first-order chi connectivity index (χ1) is 9.41. The second-order valence-corrected chi connectivity index (χ2v) is 5.13. The van der Waals surface area contributed by atoms with Gasteiger partial charge in [-0.15, -0.1) is 0 Å². The number of carbonyl (C=O) groups is 1. The molecule has 1 amide bonds. The smallest absolute Gasteiger partial charge is 0.253 e. The normalized spacial score (nSPS) is 17.8. The molecule has 20 heavy (non-hydrogen) atoms. The minimum Gasteiger partial charge on any atom is -0.388 e. The summed E-state index contributed by atoms with van der Waals surface area (Å²) in [5, 5.41) is 10.3. The van der Waals surface area contributed by atoms with Gasteiger partial charge in [0.1, 0.15) is 0 Å². The number of ether oxygens (including phenoxy) is 1. The largest absolute Gasteiger partial charge is 0.388 e. The van der Waals surface area contributed by atoms with E-state index in [1.807, 2.05) is 0 Å². The molecular formula is C14H17F2NO3. The van der Waals surface area contributed by atoms with Crippen molar-refractivity contribution in [3.63, 3.8) is 0 Å². The van der Waals surface area contributed by atoms with Crippen LogP contribution in [0.5, 0.6) is 0 Å². The van der Waals surface area contributed by atoms with E-state index < -0.39 is 23.1 Å². The number of aliphatic hydroxyl groups is 1. The second-order valence-electron chi connectivity index (χ2n) is 5.13. The fraction of sp³-hybridized carbons (Fsp3) is 0.500. The fourth-order valence-electron chi connectivity index (χ4n) is 2.27. The maximum atomic E-state index is 13.1. The molecule has 0 spiro atoms. The molecule has 0 unspecified atom stereocenters. The van der Waals surface area contributed by atoms with Gasteiger partial charge in [0, 0.05) is 45.2 Å². The van der Waals surface area contributed by atoms with Crippen molar-refractivity contribution in [2.75, 3.05) is 26.8 Å². The minimum atomic E-state index is -1.06. The Balaban J connectivity index is 2.06. The molecule has 0 aromatic heterocycles. The third kappa shape index (κ3) is 3.32. The Bertz CT molecular complexity index is 501. The average Bonchev–Trinajstić information content (AvgIpc) is 2.41. The van der Waals surface area contributed by atoms with Crippen molar-refractivity contribution in [3.05, 3.63) is 35.4 Å². The monoisotopic (exact) mass is 285 g/mol. The SMILES string of the molecule is CN(CC1(O)CCOCC1)C(=O)c1ccc(F)c(F)c1. The second kappa shape index (κ2) is 5.85. The molecule has 0 radical (unpaired) electrons. The van der Waals surface area contributed by atoms with Crippen LogP contribution in [0.15, 0.2) is 18.2 Å². The minimum absolute atomic E-state index is 0.0575. The van der Waals surface area contributed by atoms with Gasteiger partial charge in [0.25, 0.3) is 5.91 Å². The molecule has 6 heteroatoms. The zero-order valence-electron chi connectivity index (χ0n) is 11.2. The Morgan fingerprint density at radius 2 is 2.00 bits per heavy atom. The van der Waals surface area contributed by atoms with Crippen molar-refractivity contribution in [2.45, 2.75) is 18.4 Å². The number of halogens is 2. The van der Waals surface area contributed by atoms with E-state index in [2.05, 4.69) is 0 Å². The quantitative estimate of drug-likeness (QED) is 0.917. The van der Waals surface area contributed by atoms with Crippen LogP contribution in [0.3, 0.4) is 0 Å². The zero-order chi connectivity index (χ0) is 14.8. The predicted octanol–water partition coefficient (Wildman–Crippen LogP) is 1.58. The molecule has 1 aliphatic heterocycles. The van der Waals surface area contributed by atoms with Gasteiger partial charge in [0.15, 0.2) is 11.6 Å². The molecule has 0 saturated carbocycles. The number of hydrogen-bond acceptors (Lipinski definition) is 3. The summed E-state index contributed by atoms with van der Waals surface area (Å²) in [5.74, 6) is -2.51. The summed E-state index contributed by atoms with van der Waals surface area (Å²) < 4.78 is 31.1. The summed E-state index contributed by atoms with van der Waals surface area (Å²) in [5.41, 5.74) is -0.927. The maximum Gasteiger partial charge on any atom is 0.253 e. The Kier molecular flexibility index (Phi) is 4.35. The molecule has 2 rings (SSSR count). The van der Waals surface area contributed by atoms with Gasteiger partial charge in [0.05, 0.1) is 5.60 Å². The number of nitrogens with zero attached hydrogens (tertiary/aromatic N) is 1. The topological polar surface area (TPSA) is 49.8 Å². The number of likely N-dealkylation sites (N-methyl/N-ethyl adjacent to an activating group) is 1. The molecule has 1 aromatic carbocycles. The lowest BCUT2D eigenvalue weighted by Crippen LogP contribution is -2.47. The van der Waals surface area contributed by atoms with E-state index in [0.717, 1.165) is 12.1 Å². The van der Waals surface area contributed by atoms with Crippen molar-refractivity contribution in [3.8, 4) is 0 Å². The van der Waals surface area contributed by atoms with E-state index >= 15 is 0 Å². The molecule has 1 heterocycles. The van der Waals surface area contributed by atoms with Gasteiger partial charge in [0.2, 0.25) is 0 Å². The van der Waals surface area contributed by atoms with Crippen molar-refractivity contribution in [1.29, 1.82) is 0 Å². The van der Waals surface area contributed by atoms with Crippen LogP contribution in [0.1, 0.15) is 23.2 Å². The van der Waals surface area contributed by atoms with Crippen LogP contribution in [0.25, 0.3) is 0 Å². The summed E-state index contributed by atoms with van der Waals surface area (Å²) in [6.45, 7) is 1.03. The molecule has 0 bridgehead atoms. The number of rotatable bonds is 3. The summed E-state index contributed by atoms with van der Waals surface area (Å²) >= 11 is 0. The molecule has 110 valence electrons. The van der Waals surface area contributed by atoms with Crippen LogP contribution >= 0.6 is 0 Å². The van der Waals surface area contributed by atoms with Crippen molar-refractivity contribution in [1.82, 2.24) is 4.90 Å². The molecule has 1 aliphatic rings. The van der Waals surface area contributed by atoms with Gasteiger partial charge in [-0.25, -0.2) is 8.78 Å². The number of amides is 1. The molecule has 0 atom stereocenters. The first-order valence-electron chi connectivity index (χ1n) is 6.42. The summed E-state index contributed by atoms with van der Waals surface area (Å²) in [4.78, 5) is 13.4. The number of benzene rings is 1. The first kappa shape index (κ1) is 14.9. The van der Waals surface area contributed by atoms with Crippen LogP contribution in [0, 0.1) is 11.6 Å². The highest BCUT2D eigenvalue weighted by Gasteiger charge is 2.32. The van der Waals surface area contributed by atoms with Crippen molar-refractivity contribution in [2.24, 2.45) is 0 Å². The maximum absolute atomic E-state index is 13.1. The molecular weight excluding hydrogens is 268 g/mol. The Morgan fingerprint density at radius 3 is 2.60 bits per heavy atom. The summed E-state index contributed by atoms with van der Waals surface area (Å²) in [6.07, 6.45) is 0.894. The molecule has 1 aromatic rings. The Morgan fingerprint density at radius 1 is 1.35 bits per heavy atom. The summed E-state index contributed by atoms with van der Waals surface area (Å²) in [6, 6.07) is 3.01. The third-order valence-electron chi connectivity index (χ3n) is 3.47. The molecule has 0 aliphatic carbocycles. The van der Waals surface area contributed by atoms with E-state index in [0.29, 0.717) is 26.1 Å². The zero-order valence-corrected chi connectivity index (χ0v) is 11.2. The van der Waals surface area contributed by atoms with Crippen molar-refractivity contribution >= 4 is 5.91 Å². The lowest BCUT2D eigenvalue weighted by molar-refractivity contribution is -0.0734. The van der Waals surface area contributed by atoms with E-state index in [9.17, 15) is 18.7 Å². The lowest BCUT2D eigenvalue weighted by atomic mass is 9.93. The number of carbonyl (C=O) groups excluding carboxylic acids is 1. The average molecular weight is 285 g/mol. The van der Waals surface area contributed by atoms with Gasteiger partial charge >= 0.3 is 0 Å². The Labute approximate surface area is 116 Å². The third-order valence-corrected chi connectivity index (χ3v) is 3.47. The highest BCUT2D eigenvalue weighted by atomic mass is 19.2. The molecule has 1 saturated heterocycles. The van der Waals surface area contributed by atoms with Crippen LogP contribution in [-0.4, -0.2) is 48.3 Å². The fourth-order valence-corrected chi connectivity index (χ4v) is 2.27. The molecule has 4 nitrogen and oxygen atoms in total. The highest BCUT2D eigenvalue weighted by Crippen LogP contribution is 2.22. The highest BCUT2D eigenvalue weighted by molar-refractivity contribution is 5.94. The van der Waals surface area contributed by atoms with Crippen molar-refractivity contribution < 1.29 is 23.4 Å². The van der Waals surface area contributed by atoms with Crippen LogP contribution < -0.4 is 0 Å². The van der Waals surface area contributed by atoms with E-state index in [1.54, 1.807) is 0 Å². The van der Waals surface area contributed by atoms with Gasteiger partial charge in [-0.05, 0) is 18.2 Å². The van der Waals surface area contributed by atoms with Gasteiger partial charge < -0.3 is 14.7 Å². The van der Waals surface area contributed by atoms with E-state index in [1.165, 1.54) is 18.0 Å². The van der Waals surface area contributed by atoms with Gasteiger partial charge in [-0.2, -0.15) is 0 Å². The van der Waals surface area contributed by atoms with E-state index in [-0.39, 0.29) is 12.1 Å². The summed E-state index contributed by atoms with van der Waals surface area (Å²) in [7, 11) is 1.52. The molecule has 1 fully saturated rings. The van der Waals surface area contributed by atoms with Gasteiger partial charge in [-0.3, -0.25) is 4.79 Å².